The molecule has 19 heavy (non-hydrogen) atoms. The van der Waals surface area contributed by atoms with Gasteiger partial charge >= 0.3 is 0 Å². The van der Waals surface area contributed by atoms with Gasteiger partial charge in [0.25, 0.3) is 0 Å². The summed E-state index contributed by atoms with van der Waals surface area (Å²) in [5.41, 5.74) is 8.53. The van der Waals surface area contributed by atoms with Gasteiger partial charge in [-0.05, 0) is 36.9 Å². The second kappa shape index (κ2) is 5.23. The van der Waals surface area contributed by atoms with E-state index >= 15 is 0 Å². The predicted molar refractivity (Wildman–Crippen MR) is 78.8 cm³/mol. The van der Waals surface area contributed by atoms with Crippen LogP contribution in [0.5, 0.6) is 0 Å². The summed E-state index contributed by atoms with van der Waals surface area (Å²) in [5, 5.41) is 0. The quantitative estimate of drug-likeness (QED) is 0.897. The lowest BCUT2D eigenvalue weighted by Crippen LogP contribution is -2.26. The lowest BCUT2D eigenvalue weighted by molar-refractivity contribution is 0.272. The first-order valence-corrected chi connectivity index (χ1v) is 7.37. The van der Waals surface area contributed by atoms with Crippen molar-refractivity contribution < 1.29 is 0 Å². The van der Waals surface area contributed by atoms with Crippen molar-refractivity contribution in [2.75, 3.05) is 33.2 Å². The number of nitrogens with zero attached hydrogens (tertiary/aromatic N) is 2. The van der Waals surface area contributed by atoms with Gasteiger partial charge in [-0.15, -0.1) is 0 Å². The number of rotatable bonds is 3. The molecule has 2 unspecified atom stereocenters. The van der Waals surface area contributed by atoms with Crippen molar-refractivity contribution in [1.82, 2.24) is 9.80 Å². The van der Waals surface area contributed by atoms with Crippen LogP contribution in [0.4, 0.5) is 0 Å². The molecule has 1 aromatic carbocycles. The first kappa shape index (κ1) is 13.1. The molecule has 0 saturated carbocycles. The van der Waals surface area contributed by atoms with Crippen LogP contribution in [-0.2, 0) is 6.54 Å². The zero-order valence-corrected chi connectivity index (χ0v) is 12.0. The minimum Gasteiger partial charge on any atom is -0.324 e. The van der Waals surface area contributed by atoms with Gasteiger partial charge in [-0.3, -0.25) is 4.90 Å². The van der Waals surface area contributed by atoms with Gasteiger partial charge in [0.2, 0.25) is 0 Å². The fourth-order valence-electron chi connectivity index (χ4n) is 3.64. The third-order valence-electron chi connectivity index (χ3n) is 4.66. The van der Waals surface area contributed by atoms with E-state index in [-0.39, 0.29) is 6.04 Å². The molecule has 0 spiro atoms. The molecule has 2 aliphatic rings. The van der Waals surface area contributed by atoms with E-state index in [2.05, 4.69) is 41.1 Å². The Morgan fingerprint density at radius 1 is 1.11 bits per heavy atom. The van der Waals surface area contributed by atoms with Crippen LogP contribution < -0.4 is 5.73 Å². The van der Waals surface area contributed by atoms with Crippen molar-refractivity contribution in [2.24, 2.45) is 17.6 Å². The van der Waals surface area contributed by atoms with E-state index in [1.165, 1.54) is 37.3 Å². The Balaban J connectivity index is 1.58. The molecule has 0 aliphatic carbocycles. The number of likely N-dealkylation sites (tertiary alicyclic amines) is 2. The average Bonchev–Trinajstić information content (AvgIpc) is 2.86. The van der Waals surface area contributed by atoms with E-state index < -0.39 is 0 Å². The molecule has 2 aliphatic heterocycles. The standard InChI is InChI=1S/C16H25N3/c1-12(17)14-5-3-13(4-6-14)7-19-10-15-8-18(2)9-16(15)11-19/h3-6,12,15-16H,7-11,17H2,1-2H3/t12-,15?,16?/m0/s1. The highest BCUT2D eigenvalue weighted by molar-refractivity contribution is 5.24. The van der Waals surface area contributed by atoms with Crippen LogP contribution in [0, 0.1) is 11.8 Å². The van der Waals surface area contributed by atoms with Crippen molar-refractivity contribution in [1.29, 1.82) is 0 Å². The first-order chi connectivity index (χ1) is 9.11. The molecular weight excluding hydrogens is 234 g/mol. The van der Waals surface area contributed by atoms with Crippen LogP contribution in [0.1, 0.15) is 24.1 Å². The molecule has 2 N–H and O–H groups in total. The van der Waals surface area contributed by atoms with Crippen LogP contribution in [0.25, 0.3) is 0 Å². The molecule has 2 heterocycles. The summed E-state index contributed by atoms with van der Waals surface area (Å²) in [6.45, 7) is 8.23. The molecule has 104 valence electrons. The normalized spacial score (nSPS) is 29.6. The van der Waals surface area contributed by atoms with Crippen molar-refractivity contribution in [2.45, 2.75) is 19.5 Å². The number of nitrogens with two attached hydrogens (primary N) is 1. The van der Waals surface area contributed by atoms with Gasteiger partial charge in [-0.1, -0.05) is 24.3 Å². The Hall–Kier alpha value is -0.900. The average molecular weight is 259 g/mol. The maximum Gasteiger partial charge on any atom is 0.0266 e. The van der Waals surface area contributed by atoms with E-state index in [9.17, 15) is 0 Å². The van der Waals surface area contributed by atoms with Gasteiger partial charge in [0.1, 0.15) is 0 Å². The summed E-state index contributed by atoms with van der Waals surface area (Å²) >= 11 is 0. The molecule has 3 nitrogen and oxygen atoms in total. The zero-order chi connectivity index (χ0) is 13.4. The molecule has 3 atom stereocenters. The van der Waals surface area contributed by atoms with Crippen LogP contribution in [-0.4, -0.2) is 43.0 Å². The number of hydrogen-bond acceptors (Lipinski definition) is 3. The largest absolute Gasteiger partial charge is 0.324 e. The summed E-state index contributed by atoms with van der Waals surface area (Å²) in [4.78, 5) is 5.09. The van der Waals surface area contributed by atoms with Crippen molar-refractivity contribution in [3.63, 3.8) is 0 Å². The maximum atomic E-state index is 5.89. The molecule has 2 fully saturated rings. The highest BCUT2D eigenvalue weighted by Gasteiger charge is 2.38. The molecule has 0 radical (unpaired) electrons. The highest BCUT2D eigenvalue weighted by Crippen LogP contribution is 2.30. The number of benzene rings is 1. The molecule has 3 rings (SSSR count). The number of fused-ring (bicyclic) bond motifs is 1. The smallest absolute Gasteiger partial charge is 0.0266 e. The Labute approximate surface area is 116 Å². The van der Waals surface area contributed by atoms with E-state index in [0.29, 0.717) is 0 Å². The second-order valence-corrected chi connectivity index (χ2v) is 6.47. The minimum atomic E-state index is 0.135. The third-order valence-corrected chi connectivity index (χ3v) is 4.66. The second-order valence-electron chi connectivity index (χ2n) is 6.47. The van der Waals surface area contributed by atoms with E-state index in [4.69, 9.17) is 5.73 Å². The molecule has 2 saturated heterocycles. The molecule has 1 aromatic rings. The highest BCUT2D eigenvalue weighted by atomic mass is 15.2. The monoisotopic (exact) mass is 259 g/mol. The van der Waals surface area contributed by atoms with Gasteiger partial charge in [0, 0.05) is 38.8 Å². The number of hydrogen-bond donors (Lipinski definition) is 1. The molecular formula is C16H25N3. The minimum absolute atomic E-state index is 0.135. The topological polar surface area (TPSA) is 32.5 Å². The van der Waals surface area contributed by atoms with E-state index in [0.717, 1.165) is 18.4 Å². The predicted octanol–water partition coefficient (Wildman–Crippen LogP) is 1.70. The molecule has 0 bridgehead atoms. The SMILES string of the molecule is C[C@H](N)c1ccc(CN2CC3CN(C)CC3C2)cc1. The van der Waals surface area contributed by atoms with Crippen LogP contribution in [0.15, 0.2) is 24.3 Å². The summed E-state index contributed by atoms with van der Waals surface area (Å²) in [6.07, 6.45) is 0. The zero-order valence-electron chi connectivity index (χ0n) is 12.0. The lowest BCUT2D eigenvalue weighted by atomic mass is 10.0. The van der Waals surface area contributed by atoms with Gasteiger partial charge in [0.05, 0.1) is 0 Å². The van der Waals surface area contributed by atoms with Crippen LogP contribution >= 0.6 is 0 Å². The maximum absolute atomic E-state index is 5.89. The van der Waals surface area contributed by atoms with Crippen molar-refractivity contribution >= 4 is 0 Å². The third kappa shape index (κ3) is 2.83. The summed E-state index contributed by atoms with van der Waals surface area (Å²) in [6, 6.07) is 8.95. The van der Waals surface area contributed by atoms with Gasteiger partial charge in [0.15, 0.2) is 0 Å². The van der Waals surface area contributed by atoms with Gasteiger partial charge < -0.3 is 10.6 Å². The lowest BCUT2D eigenvalue weighted by Gasteiger charge is -2.19. The Morgan fingerprint density at radius 2 is 1.68 bits per heavy atom. The molecule has 3 heteroatoms. The Morgan fingerprint density at radius 3 is 2.21 bits per heavy atom. The molecule has 0 aromatic heterocycles. The van der Waals surface area contributed by atoms with Crippen molar-refractivity contribution in [3.05, 3.63) is 35.4 Å². The molecule has 0 amide bonds. The van der Waals surface area contributed by atoms with E-state index in [1.54, 1.807) is 0 Å². The fraction of sp³-hybridized carbons (Fsp3) is 0.625. The van der Waals surface area contributed by atoms with E-state index in [1.807, 2.05) is 6.92 Å². The van der Waals surface area contributed by atoms with Crippen molar-refractivity contribution in [3.8, 4) is 0 Å². The van der Waals surface area contributed by atoms with Gasteiger partial charge in [-0.2, -0.15) is 0 Å². The summed E-state index contributed by atoms with van der Waals surface area (Å²) < 4.78 is 0. The summed E-state index contributed by atoms with van der Waals surface area (Å²) in [5.74, 6) is 1.79. The first-order valence-electron chi connectivity index (χ1n) is 7.37. The Bertz CT molecular complexity index is 412. The van der Waals surface area contributed by atoms with Gasteiger partial charge in [-0.25, -0.2) is 0 Å². The fourth-order valence-corrected chi connectivity index (χ4v) is 3.64. The van der Waals surface area contributed by atoms with Crippen LogP contribution in [0.3, 0.4) is 0 Å². The Kier molecular flexibility index (Phi) is 3.61. The van der Waals surface area contributed by atoms with Crippen LogP contribution in [0.2, 0.25) is 0 Å². The summed E-state index contributed by atoms with van der Waals surface area (Å²) in [7, 11) is 2.25.